The maximum atomic E-state index is 11.6. The highest BCUT2D eigenvalue weighted by Crippen LogP contribution is 2.22. The minimum absolute atomic E-state index is 0.0342. The van der Waals surface area contributed by atoms with Crippen LogP contribution >= 0.6 is 23.1 Å². The minimum Gasteiger partial charge on any atom is -0.481 e. The van der Waals surface area contributed by atoms with Gasteiger partial charge in [-0.2, -0.15) is 0 Å². The lowest BCUT2D eigenvalue weighted by atomic mass is 10.3. The van der Waals surface area contributed by atoms with Crippen molar-refractivity contribution in [3.63, 3.8) is 0 Å². The van der Waals surface area contributed by atoms with Gasteiger partial charge in [-0.1, -0.05) is 11.8 Å². The molecule has 3 N–H and O–H groups in total. The van der Waals surface area contributed by atoms with Crippen molar-refractivity contribution in [2.24, 2.45) is 0 Å². The summed E-state index contributed by atoms with van der Waals surface area (Å²) in [7, 11) is 0. The van der Waals surface area contributed by atoms with E-state index in [4.69, 9.17) is 5.11 Å². The second-order valence-corrected chi connectivity index (χ2v) is 6.01. The van der Waals surface area contributed by atoms with Crippen LogP contribution in [0.4, 0.5) is 0 Å². The number of nitrogens with one attached hydrogen (secondary N) is 2. The molecule has 0 aliphatic carbocycles. The SMILES string of the molecule is O=C(O)Cc1csc(SCC(=O)NC(=O)c2ccc[nH]2)n1. The van der Waals surface area contributed by atoms with Gasteiger partial charge in [0.15, 0.2) is 4.34 Å². The standard InChI is InChI=1S/C12H11N3O4S2/c16-9(15-11(19)8-2-1-3-13-8)6-21-12-14-7(5-20-12)4-10(17)18/h1-3,5,13H,4,6H2,(H,17,18)(H,15,16,19). The summed E-state index contributed by atoms with van der Waals surface area (Å²) in [5.41, 5.74) is 0.768. The predicted molar refractivity (Wildman–Crippen MR) is 77.4 cm³/mol. The zero-order chi connectivity index (χ0) is 15.2. The second kappa shape index (κ2) is 7.04. The molecule has 0 saturated carbocycles. The average molecular weight is 325 g/mol. The molecule has 0 aliphatic heterocycles. The molecule has 2 heterocycles. The van der Waals surface area contributed by atoms with Gasteiger partial charge in [-0.15, -0.1) is 11.3 Å². The van der Waals surface area contributed by atoms with Crippen LogP contribution in [0.5, 0.6) is 0 Å². The summed E-state index contributed by atoms with van der Waals surface area (Å²) in [5.74, 6) is -1.84. The third-order valence-electron chi connectivity index (χ3n) is 2.29. The van der Waals surface area contributed by atoms with E-state index in [0.29, 0.717) is 15.7 Å². The first kappa shape index (κ1) is 15.3. The summed E-state index contributed by atoms with van der Waals surface area (Å²) >= 11 is 2.42. The molecule has 0 unspecified atom stereocenters. The number of hydrogen-bond donors (Lipinski definition) is 3. The van der Waals surface area contributed by atoms with Crippen LogP contribution in [0.2, 0.25) is 0 Å². The number of thiazole rings is 1. The molecule has 0 aromatic carbocycles. The number of imide groups is 1. The number of carbonyl (C=O) groups excluding carboxylic acids is 2. The van der Waals surface area contributed by atoms with E-state index in [9.17, 15) is 14.4 Å². The predicted octanol–water partition coefficient (Wildman–Crippen LogP) is 1.15. The number of carboxylic acids is 1. The van der Waals surface area contributed by atoms with Crippen LogP contribution < -0.4 is 5.32 Å². The maximum Gasteiger partial charge on any atom is 0.309 e. The van der Waals surface area contributed by atoms with E-state index in [-0.39, 0.29) is 12.2 Å². The van der Waals surface area contributed by atoms with Crippen LogP contribution in [0.3, 0.4) is 0 Å². The minimum atomic E-state index is -0.953. The number of carbonyl (C=O) groups is 3. The van der Waals surface area contributed by atoms with Gasteiger partial charge in [0.05, 0.1) is 17.9 Å². The number of H-pyrrole nitrogens is 1. The number of aliphatic carboxylic acids is 1. The van der Waals surface area contributed by atoms with Crippen molar-refractivity contribution in [1.29, 1.82) is 0 Å². The molecule has 2 rings (SSSR count). The lowest BCUT2D eigenvalue weighted by Crippen LogP contribution is -2.32. The maximum absolute atomic E-state index is 11.6. The quantitative estimate of drug-likeness (QED) is 0.687. The molecule has 0 atom stereocenters. The van der Waals surface area contributed by atoms with Crippen molar-refractivity contribution >= 4 is 40.9 Å². The number of hydrogen-bond acceptors (Lipinski definition) is 6. The third kappa shape index (κ3) is 4.72. The normalized spacial score (nSPS) is 10.3. The summed E-state index contributed by atoms with van der Waals surface area (Å²) in [6, 6.07) is 3.22. The van der Waals surface area contributed by atoms with Gasteiger partial charge < -0.3 is 10.1 Å². The number of rotatable bonds is 6. The smallest absolute Gasteiger partial charge is 0.309 e. The zero-order valence-corrected chi connectivity index (χ0v) is 12.3. The topological polar surface area (TPSA) is 112 Å². The van der Waals surface area contributed by atoms with Crippen molar-refractivity contribution in [3.05, 3.63) is 35.1 Å². The Morgan fingerprint density at radius 1 is 1.43 bits per heavy atom. The molecule has 0 spiro atoms. The van der Waals surface area contributed by atoms with Crippen LogP contribution in [0.15, 0.2) is 28.0 Å². The highest BCUT2D eigenvalue weighted by molar-refractivity contribution is 8.01. The van der Waals surface area contributed by atoms with E-state index < -0.39 is 17.8 Å². The molecular formula is C12H11N3O4S2. The van der Waals surface area contributed by atoms with Crippen molar-refractivity contribution in [2.75, 3.05) is 5.75 Å². The van der Waals surface area contributed by atoms with Gasteiger partial charge in [-0.25, -0.2) is 4.98 Å². The monoisotopic (exact) mass is 325 g/mol. The number of carboxylic acid groups (broad SMARTS) is 1. The zero-order valence-electron chi connectivity index (χ0n) is 10.7. The fraction of sp³-hybridized carbons (Fsp3) is 0.167. The van der Waals surface area contributed by atoms with E-state index in [1.165, 1.54) is 11.3 Å². The van der Waals surface area contributed by atoms with Crippen LogP contribution in [-0.2, 0) is 16.0 Å². The molecule has 2 aromatic heterocycles. The largest absolute Gasteiger partial charge is 0.481 e. The Hall–Kier alpha value is -2.13. The number of amides is 2. The van der Waals surface area contributed by atoms with Crippen LogP contribution in [0.1, 0.15) is 16.2 Å². The van der Waals surface area contributed by atoms with Gasteiger partial charge in [0.1, 0.15) is 5.69 Å². The Morgan fingerprint density at radius 3 is 2.90 bits per heavy atom. The number of nitrogens with zero attached hydrogens (tertiary/aromatic N) is 1. The first-order chi connectivity index (χ1) is 10.0. The fourth-order valence-corrected chi connectivity index (χ4v) is 3.06. The third-order valence-corrected chi connectivity index (χ3v) is 4.36. The Kier molecular flexibility index (Phi) is 5.12. The molecule has 2 aromatic rings. The van der Waals surface area contributed by atoms with Crippen molar-refractivity contribution < 1.29 is 19.5 Å². The summed E-state index contributed by atoms with van der Waals surface area (Å²) in [6.07, 6.45) is 1.45. The van der Waals surface area contributed by atoms with Gasteiger partial charge in [0, 0.05) is 11.6 Å². The molecule has 9 heteroatoms. The average Bonchev–Trinajstić information content (AvgIpc) is 3.06. The Bertz CT molecular complexity index is 651. The van der Waals surface area contributed by atoms with Crippen molar-refractivity contribution in [2.45, 2.75) is 10.8 Å². The van der Waals surface area contributed by atoms with Crippen molar-refractivity contribution in [1.82, 2.24) is 15.3 Å². The molecule has 2 amide bonds. The molecule has 7 nitrogen and oxygen atoms in total. The summed E-state index contributed by atoms with van der Waals surface area (Å²) in [6.45, 7) is 0. The van der Waals surface area contributed by atoms with E-state index in [2.05, 4.69) is 15.3 Å². The van der Waals surface area contributed by atoms with E-state index in [1.54, 1.807) is 23.7 Å². The Balaban J connectivity index is 1.80. The van der Waals surface area contributed by atoms with Gasteiger partial charge >= 0.3 is 5.97 Å². The Morgan fingerprint density at radius 2 is 2.24 bits per heavy atom. The van der Waals surface area contributed by atoms with Gasteiger partial charge in [-0.05, 0) is 12.1 Å². The first-order valence-corrected chi connectivity index (χ1v) is 7.67. The number of aromatic amines is 1. The van der Waals surface area contributed by atoms with Crippen molar-refractivity contribution in [3.8, 4) is 0 Å². The molecule has 0 radical (unpaired) electrons. The van der Waals surface area contributed by atoms with Gasteiger partial charge in [-0.3, -0.25) is 19.7 Å². The molecule has 21 heavy (non-hydrogen) atoms. The highest BCUT2D eigenvalue weighted by Gasteiger charge is 2.12. The van der Waals surface area contributed by atoms with E-state index >= 15 is 0 Å². The van der Waals surface area contributed by atoms with E-state index in [1.807, 2.05) is 0 Å². The lowest BCUT2D eigenvalue weighted by molar-refractivity contribution is -0.136. The van der Waals surface area contributed by atoms with Crippen LogP contribution in [-0.4, -0.2) is 38.6 Å². The number of aromatic nitrogens is 2. The highest BCUT2D eigenvalue weighted by atomic mass is 32.2. The molecule has 110 valence electrons. The van der Waals surface area contributed by atoms with E-state index in [0.717, 1.165) is 11.8 Å². The van der Waals surface area contributed by atoms with Crippen LogP contribution in [0.25, 0.3) is 0 Å². The molecule has 0 bridgehead atoms. The molecular weight excluding hydrogens is 314 g/mol. The van der Waals surface area contributed by atoms with Gasteiger partial charge in [0.25, 0.3) is 5.91 Å². The fourth-order valence-electron chi connectivity index (χ4n) is 1.42. The Labute approximate surface area is 127 Å². The second-order valence-electron chi connectivity index (χ2n) is 3.93. The summed E-state index contributed by atoms with van der Waals surface area (Å²) < 4.78 is 0.591. The molecule has 0 saturated heterocycles. The first-order valence-electron chi connectivity index (χ1n) is 5.81. The molecule has 0 aliphatic rings. The van der Waals surface area contributed by atoms with Crippen LogP contribution in [0, 0.1) is 0 Å². The van der Waals surface area contributed by atoms with Gasteiger partial charge in [0.2, 0.25) is 5.91 Å². The number of thioether (sulfide) groups is 1. The summed E-state index contributed by atoms with van der Waals surface area (Å²) in [5, 5.41) is 12.5. The molecule has 0 fully saturated rings. The lowest BCUT2D eigenvalue weighted by Gasteiger charge is -2.01. The summed E-state index contributed by atoms with van der Waals surface area (Å²) in [4.78, 5) is 40.5.